The Morgan fingerprint density at radius 3 is 2.68 bits per heavy atom. The van der Waals surface area contributed by atoms with Crippen LogP contribution in [-0.2, 0) is 13.0 Å². The van der Waals surface area contributed by atoms with E-state index < -0.39 is 0 Å². The molecule has 1 aromatic carbocycles. The monoisotopic (exact) mass is 263 g/mol. The van der Waals surface area contributed by atoms with E-state index in [0.717, 1.165) is 11.4 Å². The van der Waals surface area contributed by atoms with Crippen LogP contribution in [0.3, 0.4) is 0 Å². The summed E-state index contributed by atoms with van der Waals surface area (Å²) in [6.07, 6.45) is 0.618. The Hall–Kier alpha value is -2.15. The number of aromatic nitrogens is 4. The summed E-state index contributed by atoms with van der Waals surface area (Å²) in [5.74, 6) is 2.17. The van der Waals surface area contributed by atoms with Crippen LogP contribution in [0, 0.1) is 0 Å². The van der Waals surface area contributed by atoms with Gasteiger partial charge in [0, 0.05) is 13.0 Å². The van der Waals surface area contributed by atoms with Gasteiger partial charge in [0.15, 0.2) is 17.3 Å². The largest absolute Gasteiger partial charge is 0.493 e. The molecule has 0 radical (unpaired) electrons. The van der Waals surface area contributed by atoms with Crippen LogP contribution < -0.4 is 15.2 Å². The van der Waals surface area contributed by atoms with Gasteiger partial charge in [-0.05, 0) is 28.1 Å². The number of methoxy groups -OCH3 is 2. The topological polar surface area (TPSA) is 88.1 Å². The molecule has 1 heterocycles. The lowest BCUT2D eigenvalue weighted by atomic mass is 10.1. The number of hydrogen-bond acceptors (Lipinski definition) is 6. The third kappa shape index (κ3) is 3.00. The van der Waals surface area contributed by atoms with Crippen molar-refractivity contribution in [2.75, 3.05) is 20.8 Å². The van der Waals surface area contributed by atoms with Crippen molar-refractivity contribution in [1.82, 2.24) is 20.2 Å². The molecule has 0 atom stereocenters. The van der Waals surface area contributed by atoms with E-state index in [9.17, 15) is 0 Å². The van der Waals surface area contributed by atoms with Gasteiger partial charge in [0.05, 0.1) is 20.8 Å². The predicted octanol–water partition coefficient (Wildman–Crippen LogP) is 0.240. The van der Waals surface area contributed by atoms with E-state index in [0.29, 0.717) is 31.0 Å². The summed E-state index contributed by atoms with van der Waals surface area (Å²) in [7, 11) is 3.22. The SMILES string of the molecule is COc1ccc(Cc2nnnn2CCN)cc1OC. The molecule has 0 saturated heterocycles. The molecule has 0 unspecified atom stereocenters. The fourth-order valence-corrected chi connectivity index (χ4v) is 1.82. The highest BCUT2D eigenvalue weighted by molar-refractivity contribution is 5.43. The van der Waals surface area contributed by atoms with Crippen molar-refractivity contribution in [2.24, 2.45) is 5.73 Å². The van der Waals surface area contributed by atoms with E-state index in [-0.39, 0.29) is 0 Å². The summed E-state index contributed by atoms with van der Waals surface area (Å²) in [6.45, 7) is 1.11. The van der Waals surface area contributed by atoms with E-state index in [1.807, 2.05) is 18.2 Å². The second kappa shape index (κ2) is 6.14. The fraction of sp³-hybridized carbons (Fsp3) is 0.417. The molecule has 0 bridgehead atoms. The molecule has 0 aliphatic heterocycles. The molecule has 1 aromatic heterocycles. The second-order valence-corrected chi connectivity index (χ2v) is 3.97. The summed E-state index contributed by atoms with van der Waals surface area (Å²) in [6, 6.07) is 5.74. The third-order valence-electron chi connectivity index (χ3n) is 2.76. The maximum Gasteiger partial charge on any atom is 0.161 e. The van der Waals surface area contributed by atoms with Gasteiger partial charge in [0.2, 0.25) is 0 Å². The van der Waals surface area contributed by atoms with Gasteiger partial charge in [-0.15, -0.1) is 5.10 Å². The summed E-state index contributed by atoms with van der Waals surface area (Å²) < 4.78 is 12.2. The van der Waals surface area contributed by atoms with Gasteiger partial charge in [-0.2, -0.15) is 0 Å². The number of rotatable bonds is 6. The molecular formula is C12H17N5O2. The lowest BCUT2D eigenvalue weighted by molar-refractivity contribution is 0.354. The first-order chi connectivity index (χ1) is 9.28. The van der Waals surface area contributed by atoms with E-state index >= 15 is 0 Å². The fourth-order valence-electron chi connectivity index (χ4n) is 1.82. The first-order valence-electron chi connectivity index (χ1n) is 5.94. The van der Waals surface area contributed by atoms with Crippen LogP contribution in [0.1, 0.15) is 11.4 Å². The van der Waals surface area contributed by atoms with E-state index in [4.69, 9.17) is 15.2 Å². The minimum atomic E-state index is 0.504. The molecular weight excluding hydrogens is 246 g/mol. The molecule has 0 amide bonds. The Balaban J connectivity index is 2.21. The Bertz CT molecular complexity index is 541. The standard InChI is InChI=1S/C12H17N5O2/c1-18-10-4-3-9(7-11(10)19-2)8-12-14-15-16-17(12)6-5-13/h3-4,7H,5-6,8,13H2,1-2H3. The van der Waals surface area contributed by atoms with Gasteiger partial charge in [0.1, 0.15) is 0 Å². The second-order valence-electron chi connectivity index (χ2n) is 3.97. The van der Waals surface area contributed by atoms with Crippen molar-refractivity contribution >= 4 is 0 Å². The normalized spacial score (nSPS) is 10.5. The van der Waals surface area contributed by atoms with Crippen molar-refractivity contribution in [1.29, 1.82) is 0 Å². The van der Waals surface area contributed by atoms with Gasteiger partial charge >= 0.3 is 0 Å². The van der Waals surface area contributed by atoms with E-state index in [1.54, 1.807) is 18.9 Å². The highest BCUT2D eigenvalue weighted by atomic mass is 16.5. The van der Waals surface area contributed by atoms with Crippen LogP contribution in [-0.4, -0.2) is 41.0 Å². The molecule has 19 heavy (non-hydrogen) atoms. The van der Waals surface area contributed by atoms with Crippen LogP contribution in [0.15, 0.2) is 18.2 Å². The number of ether oxygens (including phenoxy) is 2. The molecule has 2 N–H and O–H groups in total. The van der Waals surface area contributed by atoms with Crippen LogP contribution >= 0.6 is 0 Å². The predicted molar refractivity (Wildman–Crippen MR) is 69.2 cm³/mol. The minimum absolute atomic E-state index is 0.504. The molecule has 0 aliphatic rings. The number of nitrogens with zero attached hydrogens (tertiary/aromatic N) is 4. The summed E-state index contributed by atoms with van der Waals surface area (Å²) in [5.41, 5.74) is 6.56. The Kier molecular flexibility index (Phi) is 4.30. The number of tetrazole rings is 1. The van der Waals surface area contributed by atoms with Gasteiger partial charge in [-0.25, -0.2) is 4.68 Å². The molecule has 2 rings (SSSR count). The Morgan fingerprint density at radius 2 is 2.00 bits per heavy atom. The summed E-state index contributed by atoms with van der Waals surface area (Å²) >= 11 is 0. The average Bonchev–Trinajstić information content (AvgIpc) is 2.86. The highest BCUT2D eigenvalue weighted by Gasteiger charge is 2.09. The molecule has 102 valence electrons. The van der Waals surface area contributed by atoms with Crippen molar-refractivity contribution < 1.29 is 9.47 Å². The molecule has 7 heteroatoms. The zero-order valence-corrected chi connectivity index (χ0v) is 11.0. The lowest BCUT2D eigenvalue weighted by Gasteiger charge is -2.09. The smallest absolute Gasteiger partial charge is 0.161 e. The number of nitrogens with two attached hydrogens (primary N) is 1. The van der Waals surface area contributed by atoms with Crippen LogP contribution in [0.5, 0.6) is 11.5 Å². The van der Waals surface area contributed by atoms with E-state index in [2.05, 4.69) is 15.5 Å². The quantitative estimate of drug-likeness (QED) is 0.803. The van der Waals surface area contributed by atoms with Crippen LogP contribution in [0.4, 0.5) is 0 Å². The highest BCUT2D eigenvalue weighted by Crippen LogP contribution is 2.28. The van der Waals surface area contributed by atoms with Crippen LogP contribution in [0.25, 0.3) is 0 Å². The first kappa shape index (κ1) is 13.3. The summed E-state index contributed by atoms with van der Waals surface area (Å²) in [4.78, 5) is 0. The Morgan fingerprint density at radius 1 is 1.21 bits per heavy atom. The van der Waals surface area contributed by atoms with Crippen molar-refractivity contribution in [2.45, 2.75) is 13.0 Å². The molecule has 0 spiro atoms. The summed E-state index contributed by atoms with van der Waals surface area (Å²) in [5, 5.41) is 11.6. The van der Waals surface area contributed by atoms with Crippen molar-refractivity contribution in [3.63, 3.8) is 0 Å². The average molecular weight is 263 g/mol. The van der Waals surface area contributed by atoms with E-state index in [1.165, 1.54) is 0 Å². The zero-order chi connectivity index (χ0) is 13.7. The van der Waals surface area contributed by atoms with Crippen molar-refractivity contribution in [3.05, 3.63) is 29.6 Å². The van der Waals surface area contributed by atoms with Crippen LogP contribution in [0.2, 0.25) is 0 Å². The molecule has 0 aliphatic carbocycles. The maximum atomic E-state index is 5.51. The molecule has 2 aromatic rings. The zero-order valence-electron chi connectivity index (χ0n) is 11.0. The van der Waals surface area contributed by atoms with Gasteiger partial charge in [-0.3, -0.25) is 0 Å². The maximum absolute atomic E-state index is 5.51. The molecule has 0 saturated carbocycles. The number of benzene rings is 1. The van der Waals surface area contributed by atoms with Gasteiger partial charge in [-0.1, -0.05) is 6.07 Å². The molecule has 0 fully saturated rings. The van der Waals surface area contributed by atoms with Gasteiger partial charge < -0.3 is 15.2 Å². The molecule has 7 nitrogen and oxygen atoms in total. The lowest BCUT2D eigenvalue weighted by Crippen LogP contribution is -2.14. The number of hydrogen-bond donors (Lipinski definition) is 1. The van der Waals surface area contributed by atoms with Crippen molar-refractivity contribution in [3.8, 4) is 11.5 Å². The minimum Gasteiger partial charge on any atom is -0.493 e. The Labute approximate surface area is 111 Å². The van der Waals surface area contributed by atoms with Gasteiger partial charge in [0.25, 0.3) is 0 Å². The first-order valence-corrected chi connectivity index (χ1v) is 5.94. The third-order valence-corrected chi connectivity index (χ3v) is 2.76.